The lowest BCUT2D eigenvalue weighted by molar-refractivity contribution is 1.34. The fourth-order valence-electron chi connectivity index (χ4n) is 3.02. The minimum Gasteiger partial charge on any atom is -0.355 e. The SMILES string of the molecule is C[Si](C)(C)c1ccc(-c2ccc3[nH]c4ccccc4c3c2)nc1. The average molecular weight is 316 g/mol. The Bertz CT molecular complexity index is 992. The summed E-state index contributed by atoms with van der Waals surface area (Å²) in [6.07, 6.45) is 2.06. The monoisotopic (exact) mass is 316 g/mol. The van der Waals surface area contributed by atoms with Gasteiger partial charge in [-0.2, -0.15) is 0 Å². The molecule has 4 rings (SSSR count). The van der Waals surface area contributed by atoms with Gasteiger partial charge in [0.1, 0.15) is 0 Å². The first-order valence-electron chi connectivity index (χ1n) is 8.00. The highest BCUT2D eigenvalue weighted by atomic mass is 28.3. The second-order valence-electron chi connectivity index (χ2n) is 7.11. The van der Waals surface area contributed by atoms with Crippen LogP contribution in [0.1, 0.15) is 0 Å². The van der Waals surface area contributed by atoms with Gasteiger partial charge in [-0.3, -0.25) is 4.98 Å². The van der Waals surface area contributed by atoms with E-state index in [2.05, 4.69) is 85.4 Å². The standard InChI is InChI=1S/C20H20N2Si/c1-23(2,3)15-9-11-18(21-13-15)14-8-10-20-17(12-14)16-6-4-5-7-19(16)22-20/h4-13,22H,1-3H3. The predicted molar refractivity (Wildman–Crippen MR) is 102 cm³/mol. The van der Waals surface area contributed by atoms with Gasteiger partial charge in [0.15, 0.2) is 0 Å². The molecule has 2 aromatic heterocycles. The molecule has 0 fully saturated rings. The number of benzene rings is 2. The Kier molecular flexibility index (Phi) is 3.13. The number of aromatic nitrogens is 2. The van der Waals surface area contributed by atoms with Crippen molar-refractivity contribution < 1.29 is 0 Å². The van der Waals surface area contributed by atoms with E-state index in [1.165, 1.54) is 32.6 Å². The highest BCUT2D eigenvalue weighted by Gasteiger charge is 2.16. The fourth-order valence-corrected chi connectivity index (χ4v) is 4.05. The molecule has 0 aliphatic heterocycles. The quantitative estimate of drug-likeness (QED) is 0.522. The second-order valence-corrected chi connectivity index (χ2v) is 12.2. The van der Waals surface area contributed by atoms with Gasteiger partial charge < -0.3 is 4.98 Å². The summed E-state index contributed by atoms with van der Waals surface area (Å²) in [6, 6.07) is 19.4. The molecule has 0 saturated carbocycles. The molecule has 0 bridgehead atoms. The van der Waals surface area contributed by atoms with Crippen molar-refractivity contribution in [1.82, 2.24) is 9.97 Å². The number of aromatic amines is 1. The molecule has 0 aliphatic carbocycles. The van der Waals surface area contributed by atoms with Gasteiger partial charge in [0.2, 0.25) is 0 Å². The number of hydrogen-bond acceptors (Lipinski definition) is 1. The van der Waals surface area contributed by atoms with E-state index in [9.17, 15) is 0 Å². The van der Waals surface area contributed by atoms with E-state index < -0.39 is 8.07 Å². The molecule has 4 aromatic rings. The van der Waals surface area contributed by atoms with Crippen LogP contribution in [0, 0.1) is 0 Å². The first-order valence-corrected chi connectivity index (χ1v) is 11.5. The van der Waals surface area contributed by atoms with E-state index in [4.69, 9.17) is 4.98 Å². The molecule has 2 aromatic carbocycles. The van der Waals surface area contributed by atoms with Gasteiger partial charge >= 0.3 is 0 Å². The molecule has 0 saturated heterocycles. The summed E-state index contributed by atoms with van der Waals surface area (Å²) < 4.78 is 0. The van der Waals surface area contributed by atoms with Crippen LogP contribution in [0.4, 0.5) is 0 Å². The third-order valence-electron chi connectivity index (χ3n) is 4.43. The summed E-state index contributed by atoms with van der Waals surface area (Å²) in [5.74, 6) is 0. The van der Waals surface area contributed by atoms with Crippen LogP contribution in [0.2, 0.25) is 19.6 Å². The lowest BCUT2D eigenvalue weighted by Crippen LogP contribution is -2.37. The number of pyridine rings is 1. The first-order chi connectivity index (χ1) is 11.0. The molecule has 0 amide bonds. The number of nitrogens with one attached hydrogen (secondary N) is 1. The van der Waals surface area contributed by atoms with Crippen molar-refractivity contribution >= 4 is 35.1 Å². The van der Waals surface area contributed by atoms with Gasteiger partial charge in [0.25, 0.3) is 0 Å². The number of hydrogen-bond donors (Lipinski definition) is 1. The zero-order valence-corrected chi connectivity index (χ0v) is 14.7. The summed E-state index contributed by atoms with van der Waals surface area (Å²) in [5.41, 5.74) is 4.57. The minimum absolute atomic E-state index is 1.04. The molecule has 23 heavy (non-hydrogen) atoms. The highest BCUT2D eigenvalue weighted by molar-refractivity contribution is 6.88. The van der Waals surface area contributed by atoms with Crippen LogP contribution >= 0.6 is 0 Å². The predicted octanol–water partition coefficient (Wildman–Crippen LogP) is 4.93. The summed E-state index contributed by atoms with van der Waals surface area (Å²) in [5, 5.41) is 3.92. The van der Waals surface area contributed by atoms with Gasteiger partial charge in [-0.1, -0.05) is 50.0 Å². The minimum atomic E-state index is -1.29. The number of H-pyrrole nitrogens is 1. The van der Waals surface area contributed by atoms with Crippen LogP contribution < -0.4 is 5.19 Å². The van der Waals surface area contributed by atoms with E-state index in [0.29, 0.717) is 0 Å². The van der Waals surface area contributed by atoms with E-state index in [1.807, 2.05) is 0 Å². The van der Waals surface area contributed by atoms with Crippen molar-refractivity contribution in [3.05, 3.63) is 60.8 Å². The number of rotatable bonds is 2. The molecular weight excluding hydrogens is 296 g/mol. The van der Waals surface area contributed by atoms with Crippen LogP contribution in [0.5, 0.6) is 0 Å². The van der Waals surface area contributed by atoms with Crippen molar-refractivity contribution in [3.63, 3.8) is 0 Å². The number of para-hydroxylation sites is 1. The Morgan fingerprint density at radius 2 is 1.61 bits per heavy atom. The Morgan fingerprint density at radius 1 is 0.826 bits per heavy atom. The average Bonchev–Trinajstić information content (AvgIpc) is 2.92. The molecule has 3 heteroatoms. The third kappa shape index (κ3) is 2.47. The summed E-state index contributed by atoms with van der Waals surface area (Å²) >= 11 is 0. The molecule has 2 heterocycles. The zero-order valence-electron chi connectivity index (χ0n) is 13.7. The second kappa shape index (κ2) is 5.07. The molecule has 0 unspecified atom stereocenters. The largest absolute Gasteiger partial charge is 0.355 e. The van der Waals surface area contributed by atoms with Crippen molar-refractivity contribution in [1.29, 1.82) is 0 Å². The van der Waals surface area contributed by atoms with E-state index in [1.54, 1.807) is 0 Å². The molecular formula is C20H20N2Si. The molecule has 0 atom stereocenters. The zero-order chi connectivity index (χ0) is 16.0. The summed E-state index contributed by atoms with van der Waals surface area (Å²) in [7, 11) is -1.29. The fraction of sp³-hybridized carbons (Fsp3) is 0.150. The Morgan fingerprint density at radius 3 is 2.35 bits per heavy atom. The lowest BCUT2D eigenvalue weighted by atomic mass is 10.1. The first kappa shape index (κ1) is 14.2. The van der Waals surface area contributed by atoms with Gasteiger partial charge in [-0.25, -0.2) is 0 Å². The van der Waals surface area contributed by atoms with Crippen molar-refractivity contribution in [3.8, 4) is 11.3 Å². The van der Waals surface area contributed by atoms with Crippen LogP contribution in [0.25, 0.3) is 33.1 Å². The van der Waals surface area contributed by atoms with E-state index >= 15 is 0 Å². The van der Waals surface area contributed by atoms with E-state index in [-0.39, 0.29) is 0 Å². The van der Waals surface area contributed by atoms with Crippen LogP contribution in [0.3, 0.4) is 0 Å². The van der Waals surface area contributed by atoms with Crippen LogP contribution in [0.15, 0.2) is 60.8 Å². The van der Waals surface area contributed by atoms with E-state index in [0.717, 1.165) is 5.69 Å². The van der Waals surface area contributed by atoms with Gasteiger partial charge in [0, 0.05) is 33.6 Å². The molecule has 0 spiro atoms. The summed E-state index contributed by atoms with van der Waals surface area (Å²) in [6.45, 7) is 7.05. The summed E-state index contributed by atoms with van der Waals surface area (Å²) in [4.78, 5) is 8.18. The maximum atomic E-state index is 4.71. The van der Waals surface area contributed by atoms with Crippen LogP contribution in [-0.2, 0) is 0 Å². The van der Waals surface area contributed by atoms with Crippen LogP contribution in [-0.4, -0.2) is 18.0 Å². The molecule has 0 aliphatic rings. The normalized spacial score (nSPS) is 12.1. The van der Waals surface area contributed by atoms with Gasteiger partial charge in [-0.05, 0) is 29.5 Å². The topological polar surface area (TPSA) is 28.7 Å². The maximum Gasteiger partial charge on any atom is 0.0796 e. The Labute approximate surface area is 137 Å². The highest BCUT2D eigenvalue weighted by Crippen LogP contribution is 2.29. The van der Waals surface area contributed by atoms with Gasteiger partial charge in [-0.15, -0.1) is 0 Å². The third-order valence-corrected chi connectivity index (χ3v) is 6.46. The maximum absolute atomic E-state index is 4.71. The lowest BCUT2D eigenvalue weighted by Gasteiger charge is -2.16. The molecule has 1 N–H and O–H groups in total. The smallest absolute Gasteiger partial charge is 0.0796 e. The van der Waals surface area contributed by atoms with Crippen molar-refractivity contribution in [2.45, 2.75) is 19.6 Å². The molecule has 114 valence electrons. The Balaban J connectivity index is 1.84. The van der Waals surface area contributed by atoms with Crippen molar-refractivity contribution in [2.75, 3.05) is 0 Å². The molecule has 0 radical (unpaired) electrons. The van der Waals surface area contributed by atoms with Gasteiger partial charge in [0.05, 0.1) is 13.8 Å². The molecule has 2 nitrogen and oxygen atoms in total. The van der Waals surface area contributed by atoms with Crippen molar-refractivity contribution in [2.24, 2.45) is 0 Å². The number of fused-ring (bicyclic) bond motifs is 3. The Hall–Kier alpha value is -2.39. The number of nitrogens with zero attached hydrogens (tertiary/aromatic N) is 1.